The molecule has 1 N–H and O–H groups in total. The summed E-state index contributed by atoms with van der Waals surface area (Å²) in [5, 5.41) is 3.66. The Hall–Kier alpha value is -0.580. The fraction of sp³-hybridized carbons (Fsp3) is 0.647. The van der Waals surface area contributed by atoms with E-state index in [0.29, 0.717) is 6.04 Å². The summed E-state index contributed by atoms with van der Waals surface area (Å²) in [5.74, 6) is 1.13. The molecule has 1 unspecified atom stereocenters. The van der Waals surface area contributed by atoms with Gasteiger partial charge in [0, 0.05) is 47.7 Å². The maximum atomic E-state index is 5.88. The number of hydrogen-bond acceptors (Lipinski definition) is 3. The molecule has 1 aromatic carbocycles. The van der Waals surface area contributed by atoms with Gasteiger partial charge in [0.15, 0.2) is 0 Å². The fourth-order valence-electron chi connectivity index (χ4n) is 3.49. The monoisotopic (exact) mass is 352 g/mol. The van der Waals surface area contributed by atoms with E-state index in [2.05, 4.69) is 59.1 Å². The van der Waals surface area contributed by atoms with Gasteiger partial charge in [-0.05, 0) is 38.0 Å². The van der Waals surface area contributed by atoms with Crippen molar-refractivity contribution in [2.45, 2.75) is 51.7 Å². The summed E-state index contributed by atoms with van der Waals surface area (Å²) >= 11 is 3.65. The molecule has 2 aliphatic rings. The average molecular weight is 353 g/mol. The van der Waals surface area contributed by atoms with Gasteiger partial charge in [0.25, 0.3) is 0 Å². The highest BCUT2D eigenvalue weighted by Gasteiger charge is 2.32. The standard InChI is InChI=1S/C17H25BrN2O/c1-4-15-9-19-17(2,3)11-20(15)10-13-8-14(18)7-12-5-6-21-16(12)13/h7-8,15,19H,4-6,9-11H2,1-3H3. The molecule has 0 amide bonds. The molecule has 0 aliphatic carbocycles. The molecule has 0 spiro atoms. The minimum absolute atomic E-state index is 0.182. The Morgan fingerprint density at radius 2 is 2.24 bits per heavy atom. The Kier molecular flexibility index (Phi) is 4.30. The predicted molar refractivity (Wildman–Crippen MR) is 89.9 cm³/mol. The number of ether oxygens (including phenoxy) is 1. The summed E-state index contributed by atoms with van der Waals surface area (Å²) < 4.78 is 7.05. The van der Waals surface area contributed by atoms with Crippen LogP contribution in [0.15, 0.2) is 16.6 Å². The van der Waals surface area contributed by atoms with E-state index in [1.807, 2.05) is 0 Å². The van der Waals surface area contributed by atoms with E-state index in [1.165, 1.54) is 22.0 Å². The maximum absolute atomic E-state index is 5.88. The zero-order valence-corrected chi connectivity index (χ0v) is 14.8. The predicted octanol–water partition coefficient (Wildman–Crippen LogP) is 3.35. The van der Waals surface area contributed by atoms with Crippen molar-refractivity contribution in [3.05, 3.63) is 27.7 Å². The van der Waals surface area contributed by atoms with Gasteiger partial charge in [-0.3, -0.25) is 4.90 Å². The Morgan fingerprint density at radius 1 is 1.43 bits per heavy atom. The van der Waals surface area contributed by atoms with Gasteiger partial charge < -0.3 is 10.1 Å². The van der Waals surface area contributed by atoms with E-state index >= 15 is 0 Å². The highest BCUT2D eigenvalue weighted by molar-refractivity contribution is 9.10. The molecule has 1 saturated heterocycles. The van der Waals surface area contributed by atoms with Gasteiger partial charge in [-0.1, -0.05) is 22.9 Å². The highest BCUT2D eigenvalue weighted by Crippen LogP contribution is 2.34. The number of piperazine rings is 1. The van der Waals surface area contributed by atoms with Crippen LogP contribution in [0.3, 0.4) is 0 Å². The third-order valence-electron chi connectivity index (χ3n) is 4.60. The van der Waals surface area contributed by atoms with Crippen molar-refractivity contribution >= 4 is 15.9 Å². The Labute approximate surface area is 136 Å². The summed E-state index contributed by atoms with van der Waals surface area (Å²) in [6.07, 6.45) is 2.21. The SMILES string of the molecule is CCC1CNC(C)(C)CN1Cc1cc(Br)cc2c1OCC2. The topological polar surface area (TPSA) is 24.5 Å². The highest BCUT2D eigenvalue weighted by atomic mass is 79.9. The van der Waals surface area contributed by atoms with Crippen molar-refractivity contribution < 1.29 is 4.74 Å². The fourth-order valence-corrected chi connectivity index (χ4v) is 4.04. The second kappa shape index (κ2) is 5.90. The van der Waals surface area contributed by atoms with Crippen LogP contribution in [0.2, 0.25) is 0 Å². The van der Waals surface area contributed by atoms with Crippen molar-refractivity contribution in [1.82, 2.24) is 10.2 Å². The van der Waals surface area contributed by atoms with Gasteiger partial charge in [0.05, 0.1) is 6.61 Å². The lowest BCUT2D eigenvalue weighted by Gasteiger charge is -2.44. The zero-order chi connectivity index (χ0) is 15.0. The van der Waals surface area contributed by atoms with Crippen molar-refractivity contribution in [2.24, 2.45) is 0 Å². The first-order chi connectivity index (χ1) is 9.98. The molecule has 1 fully saturated rings. The minimum atomic E-state index is 0.182. The molecular formula is C17H25BrN2O. The van der Waals surface area contributed by atoms with E-state index in [1.54, 1.807) is 0 Å². The Bertz CT molecular complexity index is 530. The number of halogens is 1. The van der Waals surface area contributed by atoms with Gasteiger partial charge in [-0.2, -0.15) is 0 Å². The molecule has 0 bridgehead atoms. The molecule has 116 valence electrons. The smallest absolute Gasteiger partial charge is 0.127 e. The van der Waals surface area contributed by atoms with Crippen molar-refractivity contribution in [3.8, 4) is 5.75 Å². The van der Waals surface area contributed by atoms with Gasteiger partial charge in [-0.15, -0.1) is 0 Å². The van der Waals surface area contributed by atoms with E-state index in [0.717, 1.165) is 38.4 Å². The van der Waals surface area contributed by atoms with Gasteiger partial charge in [-0.25, -0.2) is 0 Å². The summed E-state index contributed by atoms with van der Waals surface area (Å²) in [4.78, 5) is 2.61. The number of nitrogens with one attached hydrogen (secondary N) is 1. The summed E-state index contributed by atoms with van der Waals surface area (Å²) in [6.45, 7) is 10.8. The number of fused-ring (bicyclic) bond motifs is 1. The van der Waals surface area contributed by atoms with Crippen LogP contribution in [0, 0.1) is 0 Å². The lowest BCUT2D eigenvalue weighted by atomic mass is 9.96. The van der Waals surface area contributed by atoms with Crippen LogP contribution in [-0.2, 0) is 13.0 Å². The molecule has 0 radical (unpaired) electrons. The van der Waals surface area contributed by atoms with Crippen LogP contribution in [0.1, 0.15) is 38.3 Å². The molecule has 3 rings (SSSR count). The Morgan fingerprint density at radius 3 is 3.00 bits per heavy atom. The van der Waals surface area contributed by atoms with Crippen LogP contribution in [-0.4, -0.2) is 36.2 Å². The average Bonchev–Trinajstić information content (AvgIpc) is 2.86. The summed E-state index contributed by atoms with van der Waals surface area (Å²) in [6, 6.07) is 5.03. The largest absolute Gasteiger partial charge is 0.493 e. The lowest BCUT2D eigenvalue weighted by Crippen LogP contribution is -2.61. The number of nitrogens with zero attached hydrogens (tertiary/aromatic N) is 1. The van der Waals surface area contributed by atoms with Gasteiger partial charge in [0.1, 0.15) is 5.75 Å². The first kappa shape index (κ1) is 15.3. The van der Waals surface area contributed by atoms with Crippen LogP contribution in [0.5, 0.6) is 5.75 Å². The first-order valence-corrected chi connectivity index (χ1v) is 8.71. The second-order valence-electron chi connectivity index (χ2n) is 6.88. The normalized spacial score (nSPS) is 24.7. The van der Waals surface area contributed by atoms with Gasteiger partial charge in [0.2, 0.25) is 0 Å². The molecule has 1 atom stereocenters. The first-order valence-electron chi connectivity index (χ1n) is 7.91. The third kappa shape index (κ3) is 3.27. The van der Waals surface area contributed by atoms with Crippen LogP contribution >= 0.6 is 15.9 Å². The third-order valence-corrected chi connectivity index (χ3v) is 5.06. The molecular weight excluding hydrogens is 328 g/mol. The molecule has 2 heterocycles. The van der Waals surface area contributed by atoms with E-state index < -0.39 is 0 Å². The number of hydrogen-bond donors (Lipinski definition) is 1. The van der Waals surface area contributed by atoms with Crippen molar-refractivity contribution in [3.63, 3.8) is 0 Å². The maximum Gasteiger partial charge on any atom is 0.127 e. The summed E-state index contributed by atoms with van der Waals surface area (Å²) in [7, 11) is 0. The van der Waals surface area contributed by atoms with E-state index in [-0.39, 0.29) is 5.54 Å². The molecule has 21 heavy (non-hydrogen) atoms. The Balaban J connectivity index is 1.85. The molecule has 3 nitrogen and oxygen atoms in total. The van der Waals surface area contributed by atoms with Crippen molar-refractivity contribution in [2.75, 3.05) is 19.7 Å². The van der Waals surface area contributed by atoms with Crippen LogP contribution in [0.25, 0.3) is 0 Å². The van der Waals surface area contributed by atoms with Crippen LogP contribution < -0.4 is 10.1 Å². The molecule has 2 aliphatic heterocycles. The molecule has 4 heteroatoms. The van der Waals surface area contributed by atoms with Gasteiger partial charge >= 0.3 is 0 Å². The van der Waals surface area contributed by atoms with E-state index in [4.69, 9.17) is 4.74 Å². The summed E-state index contributed by atoms with van der Waals surface area (Å²) in [5.41, 5.74) is 2.86. The molecule has 0 aromatic heterocycles. The van der Waals surface area contributed by atoms with Crippen LogP contribution in [0.4, 0.5) is 0 Å². The number of rotatable bonds is 3. The van der Waals surface area contributed by atoms with E-state index in [9.17, 15) is 0 Å². The molecule has 0 saturated carbocycles. The second-order valence-corrected chi connectivity index (χ2v) is 7.80. The van der Waals surface area contributed by atoms with Crippen molar-refractivity contribution in [1.29, 1.82) is 0 Å². The quantitative estimate of drug-likeness (QED) is 0.902. The lowest BCUT2D eigenvalue weighted by molar-refractivity contribution is 0.0850. The zero-order valence-electron chi connectivity index (χ0n) is 13.2. The minimum Gasteiger partial charge on any atom is -0.493 e. The molecule has 1 aromatic rings. The number of benzene rings is 1.